The van der Waals surface area contributed by atoms with Gasteiger partial charge in [0.1, 0.15) is 12.4 Å². The molecule has 17 heavy (non-hydrogen) atoms. The molecule has 1 aromatic carbocycles. The second-order valence-corrected chi connectivity index (χ2v) is 4.15. The molecular weight excluding hydrogens is 214 g/mol. The quantitative estimate of drug-likeness (QED) is 0.752. The molecule has 0 heterocycles. The number of methoxy groups -OCH3 is 1. The molecule has 1 atom stereocenters. The van der Waals surface area contributed by atoms with Crippen molar-refractivity contribution in [3.05, 3.63) is 29.8 Å². The molecule has 0 radical (unpaired) electrons. The average molecular weight is 237 g/mol. The number of nitrogens with one attached hydrogen (secondary N) is 1. The summed E-state index contributed by atoms with van der Waals surface area (Å²) in [6, 6.07) is 8.55. The van der Waals surface area contributed by atoms with Crippen LogP contribution in [0.25, 0.3) is 0 Å². The minimum Gasteiger partial charge on any atom is -0.492 e. The molecule has 1 N–H and O–H groups in total. The van der Waals surface area contributed by atoms with Crippen LogP contribution in [0.5, 0.6) is 5.75 Å². The Morgan fingerprint density at radius 2 is 1.88 bits per heavy atom. The van der Waals surface area contributed by atoms with Gasteiger partial charge in [-0.25, -0.2) is 0 Å². The minimum absolute atomic E-state index is 0.232. The van der Waals surface area contributed by atoms with Crippen LogP contribution < -0.4 is 10.1 Å². The van der Waals surface area contributed by atoms with Gasteiger partial charge in [-0.05, 0) is 31.2 Å². The largest absolute Gasteiger partial charge is 0.492 e. The highest BCUT2D eigenvalue weighted by Crippen LogP contribution is 2.13. The highest BCUT2D eigenvalue weighted by Gasteiger charge is 2.06. The number of rotatable bonds is 8. The lowest BCUT2D eigenvalue weighted by molar-refractivity contribution is 0.140. The van der Waals surface area contributed by atoms with E-state index in [1.165, 1.54) is 12.0 Å². The van der Waals surface area contributed by atoms with Crippen molar-refractivity contribution in [2.75, 3.05) is 27.4 Å². The summed E-state index contributed by atoms with van der Waals surface area (Å²) in [6.07, 6.45) is 2.30. The molecule has 0 aliphatic heterocycles. The van der Waals surface area contributed by atoms with Gasteiger partial charge in [-0.1, -0.05) is 25.5 Å². The van der Waals surface area contributed by atoms with Gasteiger partial charge in [0.25, 0.3) is 0 Å². The lowest BCUT2D eigenvalue weighted by Crippen LogP contribution is -2.35. The summed E-state index contributed by atoms with van der Waals surface area (Å²) in [5, 5.41) is 3.15. The molecule has 0 aliphatic rings. The van der Waals surface area contributed by atoms with Crippen LogP contribution in [0.4, 0.5) is 0 Å². The highest BCUT2D eigenvalue weighted by molar-refractivity contribution is 5.27. The molecule has 0 spiro atoms. The van der Waals surface area contributed by atoms with Crippen molar-refractivity contribution in [1.82, 2.24) is 5.32 Å². The summed E-state index contributed by atoms with van der Waals surface area (Å²) in [6.45, 7) is 3.47. The van der Waals surface area contributed by atoms with Crippen molar-refractivity contribution in [2.24, 2.45) is 0 Å². The van der Waals surface area contributed by atoms with E-state index in [0.717, 1.165) is 12.2 Å². The van der Waals surface area contributed by atoms with Crippen LogP contribution in [0.3, 0.4) is 0 Å². The van der Waals surface area contributed by atoms with Gasteiger partial charge in [0.15, 0.2) is 0 Å². The molecule has 3 heteroatoms. The third-order valence-corrected chi connectivity index (χ3v) is 2.69. The molecule has 3 nitrogen and oxygen atoms in total. The molecule has 1 aromatic rings. The second kappa shape index (κ2) is 8.09. The summed E-state index contributed by atoms with van der Waals surface area (Å²) in [4.78, 5) is 0. The Bertz CT molecular complexity index is 298. The zero-order chi connectivity index (χ0) is 12.5. The van der Waals surface area contributed by atoms with Gasteiger partial charge in [-0.2, -0.15) is 0 Å². The number of hydrogen-bond donors (Lipinski definition) is 1. The lowest BCUT2D eigenvalue weighted by Gasteiger charge is -2.16. The molecule has 96 valence electrons. The number of aryl methyl sites for hydroxylation is 1. The van der Waals surface area contributed by atoms with Crippen molar-refractivity contribution in [1.29, 1.82) is 0 Å². The fraction of sp³-hybridized carbons (Fsp3) is 0.571. The fourth-order valence-electron chi connectivity index (χ4n) is 1.65. The Hall–Kier alpha value is -1.06. The van der Waals surface area contributed by atoms with Crippen molar-refractivity contribution in [3.8, 4) is 5.75 Å². The van der Waals surface area contributed by atoms with Crippen LogP contribution in [-0.2, 0) is 11.2 Å². The van der Waals surface area contributed by atoms with Crippen molar-refractivity contribution in [2.45, 2.75) is 25.8 Å². The standard InChI is InChI=1S/C14H23NO2/c1-4-5-12-6-8-14(9-7-12)17-11-13(15-2)10-16-3/h6-9,13,15H,4-5,10-11H2,1-3H3. The number of ether oxygens (including phenoxy) is 2. The molecule has 0 aromatic heterocycles. The van der Waals surface area contributed by atoms with Crippen LogP contribution in [0, 0.1) is 0 Å². The maximum absolute atomic E-state index is 5.70. The second-order valence-electron chi connectivity index (χ2n) is 4.15. The van der Waals surface area contributed by atoms with Gasteiger partial charge in [-0.15, -0.1) is 0 Å². The van der Waals surface area contributed by atoms with E-state index in [-0.39, 0.29) is 6.04 Å². The Labute approximate surface area is 104 Å². The monoisotopic (exact) mass is 237 g/mol. The first-order valence-corrected chi connectivity index (χ1v) is 6.18. The number of benzene rings is 1. The van der Waals surface area contributed by atoms with Gasteiger partial charge >= 0.3 is 0 Å². The third kappa shape index (κ3) is 5.20. The SMILES string of the molecule is CCCc1ccc(OCC(COC)NC)cc1. The zero-order valence-electron chi connectivity index (χ0n) is 11.0. The minimum atomic E-state index is 0.232. The first-order chi connectivity index (χ1) is 8.30. The summed E-state index contributed by atoms with van der Waals surface area (Å²) < 4.78 is 10.8. The fourth-order valence-corrected chi connectivity index (χ4v) is 1.65. The van der Waals surface area contributed by atoms with Crippen molar-refractivity contribution in [3.63, 3.8) is 0 Å². The molecular formula is C14H23NO2. The van der Waals surface area contributed by atoms with E-state index < -0.39 is 0 Å². The van der Waals surface area contributed by atoms with E-state index in [2.05, 4.69) is 24.4 Å². The predicted octanol–water partition coefficient (Wildman–Crippen LogP) is 2.25. The highest BCUT2D eigenvalue weighted by atomic mass is 16.5. The Morgan fingerprint density at radius 1 is 1.18 bits per heavy atom. The van der Waals surface area contributed by atoms with Gasteiger partial charge in [0.05, 0.1) is 12.6 Å². The van der Waals surface area contributed by atoms with Gasteiger partial charge in [0.2, 0.25) is 0 Å². The summed E-state index contributed by atoms with van der Waals surface area (Å²) in [5.41, 5.74) is 1.36. The van der Waals surface area contributed by atoms with E-state index in [1.807, 2.05) is 19.2 Å². The molecule has 1 rings (SSSR count). The topological polar surface area (TPSA) is 30.5 Å². The van der Waals surface area contributed by atoms with E-state index >= 15 is 0 Å². The van der Waals surface area contributed by atoms with E-state index in [1.54, 1.807) is 7.11 Å². The Balaban J connectivity index is 2.40. The molecule has 1 unspecified atom stereocenters. The smallest absolute Gasteiger partial charge is 0.119 e. The molecule has 0 amide bonds. The maximum atomic E-state index is 5.70. The molecule has 0 fully saturated rings. The molecule has 0 bridgehead atoms. The normalized spacial score (nSPS) is 12.4. The molecule has 0 aliphatic carbocycles. The molecule has 0 saturated heterocycles. The van der Waals surface area contributed by atoms with Gasteiger partial charge in [-0.3, -0.25) is 0 Å². The van der Waals surface area contributed by atoms with E-state index in [0.29, 0.717) is 13.2 Å². The summed E-state index contributed by atoms with van der Waals surface area (Å²) in [7, 11) is 3.61. The predicted molar refractivity (Wildman–Crippen MR) is 70.7 cm³/mol. The van der Waals surface area contributed by atoms with Crippen LogP contribution >= 0.6 is 0 Å². The first-order valence-electron chi connectivity index (χ1n) is 6.18. The van der Waals surface area contributed by atoms with Crippen LogP contribution in [0.1, 0.15) is 18.9 Å². The summed E-state index contributed by atoms with van der Waals surface area (Å²) in [5.74, 6) is 0.918. The Kier molecular flexibility index (Phi) is 6.67. The number of likely N-dealkylation sites (N-methyl/N-ethyl adjacent to an activating group) is 1. The van der Waals surface area contributed by atoms with Crippen LogP contribution in [0.2, 0.25) is 0 Å². The first kappa shape index (κ1) is 14.0. The zero-order valence-corrected chi connectivity index (χ0v) is 11.0. The summed E-state index contributed by atoms with van der Waals surface area (Å²) >= 11 is 0. The van der Waals surface area contributed by atoms with Crippen LogP contribution in [0.15, 0.2) is 24.3 Å². The third-order valence-electron chi connectivity index (χ3n) is 2.69. The molecule has 0 saturated carbocycles. The van der Waals surface area contributed by atoms with Gasteiger partial charge in [0, 0.05) is 7.11 Å². The van der Waals surface area contributed by atoms with Crippen molar-refractivity contribution < 1.29 is 9.47 Å². The van der Waals surface area contributed by atoms with Gasteiger partial charge < -0.3 is 14.8 Å². The number of hydrogen-bond acceptors (Lipinski definition) is 3. The van der Waals surface area contributed by atoms with Crippen molar-refractivity contribution >= 4 is 0 Å². The maximum Gasteiger partial charge on any atom is 0.119 e. The van der Waals surface area contributed by atoms with E-state index in [9.17, 15) is 0 Å². The van der Waals surface area contributed by atoms with Crippen LogP contribution in [-0.4, -0.2) is 33.4 Å². The Morgan fingerprint density at radius 3 is 2.41 bits per heavy atom. The van der Waals surface area contributed by atoms with E-state index in [4.69, 9.17) is 9.47 Å². The lowest BCUT2D eigenvalue weighted by atomic mass is 10.1. The average Bonchev–Trinajstić information content (AvgIpc) is 2.36.